The number of hydrogen-bond donors (Lipinski definition) is 2. The molecule has 1 heterocycles. The van der Waals surface area contributed by atoms with E-state index in [2.05, 4.69) is 10.9 Å². The average molecular weight is 476 g/mol. The van der Waals surface area contributed by atoms with E-state index in [1.54, 1.807) is 48.5 Å². The summed E-state index contributed by atoms with van der Waals surface area (Å²) in [4.78, 5) is 24.7. The number of sulfonamides is 1. The number of nitrogens with zero attached hydrogens (tertiary/aromatic N) is 1. The summed E-state index contributed by atoms with van der Waals surface area (Å²) in [6, 6.07) is 13.7. The van der Waals surface area contributed by atoms with E-state index in [1.807, 2.05) is 13.8 Å². The highest BCUT2D eigenvalue weighted by Crippen LogP contribution is 2.26. The van der Waals surface area contributed by atoms with Crippen LogP contribution in [0.15, 0.2) is 53.4 Å². The molecule has 0 radical (unpaired) electrons. The molecule has 33 heavy (non-hydrogen) atoms. The largest absolute Gasteiger partial charge is 0.490 e. The van der Waals surface area contributed by atoms with Gasteiger partial charge in [-0.3, -0.25) is 20.4 Å². The Morgan fingerprint density at radius 1 is 0.970 bits per heavy atom. The van der Waals surface area contributed by atoms with Gasteiger partial charge in [-0.05, 0) is 51.0 Å². The van der Waals surface area contributed by atoms with Crippen molar-refractivity contribution in [2.75, 3.05) is 26.3 Å². The van der Waals surface area contributed by atoms with Gasteiger partial charge in [0.05, 0.1) is 11.5 Å². The number of nitrogens with one attached hydrogen (secondary N) is 2. The Morgan fingerprint density at radius 3 is 2.18 bits per heavy atom. The zero-order valence-electron chi connectivity index (χ0n) is 18.7. The summed E-state index contributed by atoms with van der Waals surface area (Å²) in [7, 11) is -3.59. The summed E-state index contributed by atoms with van der Waals surface area (Å²) in [6.45, 7) is 4.39. The summed E-state index contributed by atoms with van der Waals surface area (Å²) >= 11 is 0. The smallest absolute Gasteiger partial charge is 0.276 e. The summed E-state index contributed by atoms with van der Waals surface area (Å²) in [5.74, 6) is -0.305. The fraction of sp³-hybridized carbons (Fsp3) is 0.391. The second-order valence-electron chi connectivity index (χ2n) is 7.70. The van der Waals surface area contributed by atoms with Crippen LogP contribution in [0.3, 0.4) is 0 Å². The number of hydrogen-bond acceptors (Lipinski definition) is 6. The lowest BCUT2D eigenvalue weighted by Crippen LogP contribution is -2.49. The second kappa shape index (κ2) is 11.2. The van der Waals surface area contributed by atoms with Crippen molar-refractivity contribution in [3.8, 4) is 11.5 Å². The Morgan fingerprint density at radius 2 is 1.58 bits per heavy atom. The first kappa shape index (κ1) is 24.5. The number of carbonyl (C=O) groups is 2. The third-order valence-corrected chi connectivity index (χ3v) is 7.23. The molecular weight excluding hydrogens is 446 g/mol. The molecule has 1 saturated heterocycles. The van der Waals surface area contributed by atoms with Crippen molar-refractivity contribution in [1.29, 1.82) is 0 Å². The molecule has 3 rings (SSSR count). The van der Waals surface area contributed by atoms with Gasteiger partial charge in [0.1, 0.15) is 0 Å². The number of hydrazine groups is 1. The van der Waals surface area contributed by atoms with Crippen molar-refractivity contribution in [2.45, 2.75) is 31.6 Å². The quantitative estimate of drug-likeness (QED) is 0.565. The van der Waals surface area contributed by atoms with Crippen molar-refractivity contribution < 1.29 is 27.5 Å². The number of benzene rings is 2. The molecule has 1 fully saturated rings. The molecule has 2 aromatic rings. The van der Waals surface area contributed by atoms with Crippen LogP contribution >= 0.6 is 0 Å². The van der Waals surface area contributed by atoms with Crippen LogP contribution in [-0.2, 0) is 19.6 Å². The topological polar surface area (TPSA) is 114 Å². The van der Waals surface area contributed by atoms with E-state index in [0.29, 0.717) is 30.9 Å². The number of rotatable bonds is 8. The van der Waals surface area contributed by atoms with Crippen LogP contribution in [0.25, 0.3) is 0 Å². The first-order valence-corrected chi connectivity index (χ1v) is 12.3. The minimum absolute atomic E-state index is 0.236. The van der Waals surface area contributed by atoms with Crippen molar-refractivity contribution in [2.24, 2.45) is 5.92 Å². The lowest BCUT2D eigenvalue weighted by atomic mass is 9.98. The highest BCUT2D eigenvalue weighted by molar-refractivity contribution is 7.89. The standard InChI is InChI=1S/C23H29N3O6S/c1-3-31-20-6-4-5-7-21(20)32-16-22(27)24-25-23(28)18-12-14-26(15-13-18)33(29,30)19-10-8-17(2)9-11-19/h4-11,18H,3,12-16H2,1-2H3,(H,24,27)(H,25,28). The van der Waals surface area contributed by atoms with Crippen molar-refractivity contribution in [3.05, 3.63) is 54.1 Å². The first-order valence-electron chi connectivity index (χ1n) is 10.8. The van der Waals surface area contributed by atoms with Gasteiger partial charge in [0, 0.05) is 19.0 Å². The maximum absolute atomic E-state index is 12.8. The highest BCUT2D eigenvalue weighted by atomic mass is 32.2. The lowest BCUT2D eigenvalue weighted by Gasteiger charge is -2.30. The molecule has 0 aromatic heterocycles. The molecule has 0 spiro atoms. The third kappa shape index (κ3) is 6.45. The third-order valence-electron chi connectivity index (χ3n) is 5.32. The summed E-state index contributed by atoms with van der Waals surface area (Å²) < 4.78 is 37.9. The molecule has 0 unspecified atom stereocenters. The summed E-state index contributed by atoms with van der Waals surface area (Å²) in [6.07, 6.45) is 0.732. The molecule has 0 aliphatic carbocycles. The van der Waals surface area contributed by atoms with Crippen LogP contribution in [0.5, 0.6) is 11.5 Å². The minimum Gasteiger partial charge on any atom is -0.490 e. The van der Waals surface area contributed by atoms with E-state index < -0.39 is 21.8 Å². The summed E-state index contributed by atoms with van der Waals surface area (Å²) in [5.41, 5.74) is 5.72. The molecule has 0 atom stereocenters. The van der Waals surface area contributed by atoms with E-state index in [9.17, 15) is 18.0 Å². The van der Waals surface area contributed by atoms with Crippen molar-refractivity contribution >= 4 is 21.8 Å². The molecule has 1 aliphatic rings. The molecule has 2 amide bonds. The SMILES string of the molecule is CCOc1ccccc1OCC(=O)NNC(=O)C1CCN(S(=O)(=O)c2ccc(C)cc2)CC1. The number of para-hydroxylation sites is 2. The van der Waals surface area contributed by atoms with E-state index >= 15 is 0 Å². The van der Waals surface area contributed by atoms with Crippen LogP contribution < -0.4 is 20.3 Å². The van der Waals surface area contributed by atoms with Gasteiger partial charge in [-0.1, -0.05) is 29.8 Å². The molecule has 10 heteroatoms. The predicted octanol–water partition coefficient (Wildman–Crippen LogP) is 2.02. The lowest BCUT2D eigenvalue weighted by molar-refractivity contribution is -0.132. The van der Waals surface area contributed by atoms with Crippen LogP contribution in [0.1, 0.15) is 25.3 Å². The Bertz CT molecular complexity index is 1060. The normalized spacial score (nSPS) is 15.0. The maximum Gasteiger partial charge on any atom is 0.276 e. The van der Waals surface area contributed by atoms with Gasteiger partial charge in [0.2, 0.25) is 15.9 Å². The Kier molecular flexibility index (Phi) is 8.29. The summed E-state index contributed by atoms with van der Waals surface area (Å²) in [5, 5.41) is 0. The molecule has 9 nitrogen and oxygen atoms in total. The van der Waals surface area contributed by atoms with Crippen LogP contribution in [0.4, 0.5) is 0 Å². The molecule has 178 valence electrons. The van der Waals surface area contributed by atoms with Crippen molar-refractivity contribution in [1.82, 2.24) is 15.2 Å². The fourth-order valence-corrected chi connectivity index (χ4v) is 4.94. The first-order chi connectivity index (χ1) is 15.8. The van der Waals surface area contributed by atoms with E-state index in [-0.39, 0.29) is 30.5 Å². The monoisotopic (exact) mass is 475 g/mol. The van der Waals surface area contributed by atoms with Gasteiger partial charge in [-0.25, -0.2) is 8.42 Å². The second-order valence-corrected chi connectivity index (χ2v) is 9.64. The van der Waals surface area contributed by atoms with Crippen LogP contribution in [0, 0.1) is 12.8 Å². The van der Waals surface area contributed by atoms with Crippen molar-refractivity contribution in [3.63, 3.8) is 0 Å². The van der Waals surface area contributed by atoms with Crippen LogP contribution in [-0.4, -0.2) is 50.8 Å². The molecule has 0 bridgehead atoms. The zero-order chi connectivity index (χ0) is 23.8. The molecule has 2 N–H and O–H groups in total. The zero-order valence-corrected chi connectivity index (χ0v) is 19.6. The average Bonchev–Trinajstić information content (AvgIpc) is 2.82. The van der Waals surface area contributed by atoms with Gasteiger partial charge < -0.3 is 9.47 Å². The number of piperidine rings is 1. The Balaban J connectivity index is 1.44. The maximum atomic E-state index is 12.8. The van der Waals surface area contributed by atoms with Gasteiger partial charge in [-0.15, -0.1) is 0 Å². The molecule has 0 saturated carbocycles. The molecule has 2 aromatic carbocycles. The number of ether oxygens (including phenoxy) is 2. The van der Waals surface area contributed by atoms with E-state index in [0.717, 1.165) is 5.56 Å². The molecule has 1 aliphatic heterocycles. The van der Waals surface area contributed by atoms with E-state index in [1.165, 1.54) is 4.31 Å². The van der Waals surface area contributed by atoms with Gasteiger partial charge in [0.15, 0.2) is 18.1 Å². The Labute approximate surface area is 194 Å². The highest BCUT2D eigenvalue weighted by Gasteiger charge is 2.32. The molecular formula is C23H29N3O6S. The minimum atomic E-state index is -3.59. The number of carbonyl (C=O) groups excluding carboxylic acids is 2. The Hall–Kier alpha value is -3.11. The van der Waals surface area contributed by atoms with E-state index in [4.69, 9.17) is 9.47 Å². The number of amides is 2. The van der Waals surface area contributed by atoms with Gasteiger partial charge in [0.25, 0.3) is 5.91 Å². The van der Waals surface area contributed by atoms with Crippen LogP contribution in [0.2, 0.25) is 0 Å². The number of aryl methyl sites for hydroxylation is 1. The predicted molar refractivity (Wildman–Crippen MR) is 122 cm³/mol. The fourth-order valence-electron chi connectivity index (χ4n) is 3.47. The van der Waals surface area contributed by atoms with Gasteiger partial charge >= 0.3 is 0 Å². The van der Waals surface area contributed by atoms with Gasteiger partial charge in [-0.2, -0.15) is 4.31 Å².